The molecule has 0 aromatic heterocycles. The van der Waals surface area contributed by atoms with Gasteiger partial charge in [0.05, 0.1) is 0 Å². The molecule has 1 aromatic rings. The minimum Gasteiger partial charge on any atom is -0.292 e. The molecule has 1 aliphatic heterocycles. The molecule has 1 aromatic carbocycles. The maximum absolute atomic E-state index is 6.11. The van der Waals surface area contributed by atoms with E-state index in [4.69, 9.17) is 11.6 Å². The minimum absolute atomic E-state index is 0.600. The molecule has 0 saturated heterocycles. The average Bonchev–Trinajstić information content (AvgIpc) is 2.49. The molecule has 1 heterocycles. The van der Waals surface area contributed by atoms with Gasteiger partial charge in [0.25, 0.3) is 0 Å². The van der Waals surface area contributed by atoms with Crippen LogP contribution in [0, 0.1) is 0 Å². The van der Waals surface area contributed by atoms with Gasteiger partial charge in [-0.2, -0.15) is 0 Å². The van der Waals surface area contributed by atoms with Crippen LogP contribution in [0.4, 0.5) is 0 Å². The summed E-state index contributed by atoms with van der Waals surface area (Å²) in [6.07, 6.45) is 0. The lowest BCUT2D eigenvalue weighted by Gasteiger charge is -2.18. The van der Waals surface area contributed by atoms with E-state index < -0.39 is 0 Å². The van der Waals surface area contributed by atoms with E-state index in [1.165, 1.54) is 11.1 Å². The van der Waals surface area contributed by atoms with E-state index in [1.54, 1.807) is 0 Å². The summed E-state index contributed by atoms with van der Waals surface area (Å²) in [5.41, 5.74) is 2.71. The zero-order chi connectivity index (χ0) is 9.42. The van der Waals surface area contributed by atoms with Crippen molar-refractivity contribution in [3.05, 3.63) is 34.3 Å². The van der Waals surface area contributed by atoms with E-state index in [0.717, 1.165) is 18.1 Å². The summed E-state index contributed by atoms with van der Waals surface area (Å²) in [5.74, 6) is 0. The fourth-order valence-corrected chi connectivity index (χ4v) is 2.03. The highest BCUT2D eigenvalue weighted by Gasteiger charge is 2.22. The first-order valence-electron chi connectivity index (χ1n) is 4.69. The van der Waals surface area contributed by atoms with Crippen molar-refractivity contribution in [3.8, 4) is 0 Å². The Morgan fingerprint density at radius 2 is 2.08 bits per heavy atom. The third kappa shape index (κ3) is 1.59. The van der Waals surface area contributed by atoms with Crippen molar-refractivity contribution in [1.29, 1.82) is 0 Å². The van der Waals surface area contributed by atoms with Crippen molar-refractivity contribution < 1.29 is 0 Å². The Morgan fingerprint density at radius 1 is 1.31 bits per heavy atom. The van der Waals surface area contributed by atoms with Crippen LogP contribution in [0.5, 0.6) is 0 Å². The molecular formula is C11H14ClN. The molecule has 13 heavy (non-hydrogen) atoms. The van der Waals surface area contributed by atoms with Gasteiger partial charge in [0.1, 0.15) is 0 Å². The molecule has 0 saturated carbocycles. The van der Waals surface area contributed by atoms with Crippen LogP contribution >= 0.6 is 11.6 Å². The first kappa shape index (κ1) is 9.04. The molecule has 0 spiro atoms. The van der Waals surface area contributed by atoms with Crippen LogP contribution in [0.3, 0.4) is 0 Å². The third-order valence-electron chi connectivity index (χ3n) is 2.68. The predicted octanol–water partition coefficient (Wildman–Crippen LogP) is 3.06. The second-order valence-electron chi connectivity index (χ2n) is 3.88. The molecule has 0 radical (unpaired) electrons. The van der Waals surface area contributed by atoms with Gasteiger partial charge in [-0.15, -0.1) is 0 Å². The van der Waals surface area contributed by atoms with Crippen LogP contribution in [0.25, 0.3) is 0 Å². The van der Waals surface area contributed by atoms with Crippen molar-refractivity contribution >= 4 is 11.6 Å². The Kier molecular flexibility index (Phi) is 2.31. The highest BCUT2D eigenvalue weighted by molar-refractivity contribution is 6.31. The zero-order valence-electron chi connectivity index (χ0n) is 8.05. The normalized spacial score (nSPS) is 16.6. The van der Waals surface area contributed by atoms with E-state index in [1.807, 2.05) is 12.1 Å². The predicted molar refractivity (Wildman–Crippen MR) is 55.8 cm³/mol. The average molecular weight is 196 g/mol. The number of halogens is 1. The first-order chi connectivity index (χ1) is 6.18. The Morgan fingerprint density at radius 3 is 2.69 bits per heavy atom. The second-order valence-corrected chi connectivity index (χ2v) is 4.28. The lowest BCUT2D eigenvalue weighted by molar-refractivity contribution is 0.227. The van der Waals surface area contributed by atoms with Gasteiger partial charge in [-0.25, -0.2) is 0 Å². The van der Waals surface area contributed by atoms with Crippen molar-refractivity contribution in [2.75, 3.05) is 0 Å². The highest BCUT2D eigenvalue weighted by atomic mass is 35.5. The molecule has 0 aliphatic carbocycles. The first-order valence-corrected chi connectivity index (χ1v) is 5.06. The molecule has 0 amide bonds. The number of nitrogens with zero attached hydrogens (tertiary/aromatic N) is 1. The summed E-state index contributed by atoms with van der Waals surface area (Å²) in [6.45, 7) is 6.50. The van der Waals surface area contributed by atoms with Gasteiger partial charge in [-0.1, -0.05) is 23.7 Å². The highest BCUT2D eigenvalue weighted by Crippen LogP contribution is 2.29. The second kappa shape index (κ2) is 3.32. The van der Waals surface area contributed by atoms with Gasteiger partial charge in [0, 0.05) is 24.2 Å². The molecule has 2 heteroatoms. The third-order valence-corrected chi connectivity index (χ3v) is 3.03. The van der Waals surface area contributed by atoms with Crippen molar-refractivity contribution in [1.82, 2.24) is 4.90 Å². The summed E-state index contributed by atoms with van der Waals surface area (Å²) in [7, 11) is 0. The molecule has 1 nitrogen and oxygen atoms in total. The quantitative estimate of drug-likeness (QED) is 0.666. The number of hydrogen-bond acceptors (Lipinski definition) is 1. The van der Waals surface area contributed by atoms with Crippen molar-refractivity contribution in [3.63, 3.8) is 0 Å². The summed E-state index contributed by atoms with van der Waals surface area (Å²) in [5, 5.41) is 0.917. The van der Waals surface area contributed by atoms with Crippen LogP contribution in [-0.4, -0.2) is 10.9 Å². The Hall–Kier alpha value is -0.530. The van der Waals surface area contributed by atoms with Crippen LogP contribution in [0.1, 0.15) is 25.0 Å². The van der Waals surface area contributed by atoms with Crippen LogP contribution in [0.2, 0.25) is 5.02 Å². The van der Waals surface area contributed by atoms with Gasteiger partial charge in [0.15, 0.2) is 0 Å². The smallest absolute Gasteiger partial charge is 0.0454 e. The number of hydrogen-bond donors (Lipinski definition) is 0. The molecule has 0 bridgehead atoms. The van der Waals surface area contributed by atoms with Crippen LogP contribution in [-0.2, 0) is 13.1 Å². The Labute approximate surface area is 84.3 Å². The molecule has 1 aliphatic rings. The Balaban J connectivity index is 2.30. The van der Waals surface area contributed by atoms with Crippen LogP contribution < -0.4 is 0 Å². The van der Waals surface area contributed by atoms with Gasteiger partial charge < -0.3 is 0 Å². The van der Waals surface area contributed by atoms with Gasteiger partial charge in [-0.3, -0.25) is 4.90 Å². The monoisotopic (exact) mass is 195 g/mol. The zero-order valence-corrected chi connectivity index (χ0v) is 8.80. The fraction of sp³-hybridized carbons (Fsp3) is 0.455. The van der Waals surface area contributed by atoms with Gasteiger partial charge >= 0.3 is 0 Å². The van der Waals surface area contributed by atoms with Gasteiger partial charge in [0.2, 0.25) is 0 Å². The van der Waals surface area contributed by atoms with Crippen LogP contribution in [0.15, 0.2) is 18.2 Å². The molecular weight excluding hydrogens is 182 g/mol. The Bertz CT molecular complexity index is 320. The van der Waals surface area contributed by atoms with Crippen molar-refractivity contribution in [2.45, 2.75) is 33.0 Å². The van der Waals surface area contributed by atoms with E-state index in [9.17, 15) is 0 Å². The molecule has 0 fully saturated rings. The minimum atomic E-state index is 0.600. The molecule has 0 N–H and O–H groups in total. The maximum Gasteiger partial charge on any atom is 0.0454 e. The van der Waals surface area contributed by atoms with E-state index in [2.05, 4.69) is 24.8 Å². The number of benzene rings is 1. The lowest BCUT2D eigenvalue weighted by Crippen LogP contribution is -2.24. The molecule has 0 unspecified atom stereocenters. The molecule has 70 valence electrons. The van der Waals surface area contributed by atoms with E-state index in [0.29, 0.717) is 6.04 Å². The fourth-order valence-electron chi connectivity index (χ4n) is 1.77. The van der Waals surface area contributed by atoms with E-state index in [-0.39, 0.29) is 0 Å². The summed E-state index contributed by atoms with van der Waals surface area (Å²) in [4.78, 5) is 2.43. The van der Waals surface area contributed by atoms with E-state index >= 15 is 0 Å². The topological polar surface area (TPSA) is 3.24 Å². The molecule has 0 atom stereocenters. The molecule has 2 rings (SSSR count). The largest absolute Gasteiger partial charge is 0.292 e. The number of fused-ring (bicyclic) bond motifs is 1. The lowest BCUT2D eigenvalue weighted by atomic mass is 10.1. The standard InChI is InChI=1S/C11H14ClN/c1-8(2)13-6-9-4-3-5-11(12)10(9)7-13/h3-5,8H,6-7H2,1-2H3. The SMILES string of the molecule is CC(C)N1Cc2cccc(Cl)c2C1. The number of rotatable bonds is 1. The van der Waals surface area contributed by atoms with Crippen molar-refractivity contribution in [2.24, 2.45) is 0 Å². The summed E-state index contributed by atoms with van der Waals surface area (Å²) in [6, 6.07) is 6.78. The summed E-state index contributed by atoms with van der Waals surface area (Å²) < 4.78 is 0. The maximum atomic E-state index is 6.11. The summed E-state index contributed by atoms with van der Waals surface area (Å²) >= 11 is 6.11. The van der Waals surface area contributed by atoms with Gasteiger partial charge in [-0.05, 0) is 31.0 Å².